The van der Waals surface area contributed by atoms with Crippen LogP contribution in [0.25, 0.3) is 0 Å². The van der Waals surface area contributed by atoms with Crippen LogP contribution in [0.1, 0.15) is 37.4 Å². The number of amides is 1. The van der Waals surface area contributed by atoms with E-state index in [1.807, 2.05) is 6.07 Å². The average molecular weight is 389 g/mol. The molecule has 138 valence electrons. The second-order valence-electron chi connectivity index (χ2n) is 6.35. The van der Waals surface area contributed by atoms with E-state index in [9.17, 15) is 9.59 Å². The number of carbonyl (C=O) groups excluding carboxylic acids is 2. The van der Waals surface area contributed by atoms with Crippen LogP contribution < -0.4 is 0 Å². The van der Waals surface area contributed by atoms with Gasteiger partial charge in [0.15, 0.2) is 5.78 Å². The first kappa shape index (κ1) is 19.3. The van der Waals surface area contributed by atoms with Gasteiger partial charge in [-0.2, -0.15) is 5.26 Å². The van der Waals surface area contributed by atoms with Crippen molar-refractivity contribution in [1.82, 2.24) is 4.90 Å². The Bertz CT molecular complexity index is 1070. The highest BCUT2D eigenvalue weighted by atomic mass is 35.5. The van der Waals surface area contributed by atoms with Crippen molar-refractivity contribution in [3.8, 4) is 6.07 Å². The molecule has 0 saturated carbocycles. The Kier molecular flexibility index (Phi) is 5.88. The summed E-state index contributed by atoms with van der Waals surface area (Å²) in [5.41, 5.74) is 2.52. The topological polar surface area (TPSA) is 61.2 Å². The summed E-state index contributed by atoms with van der Waals surface area (Å²) in [6, 6.07) is 22.5. The van der Waals surface area contributed by atoms with Crippen molar-refractivity contribution in [2.45, 2.75) is 6.54 Å². The molecule has 5 heteroatoms. The van der Waals surface area contributed by atoms with Gasteiger partial charge in [-0.15, -0.1) is 0 Å². The molecular formula is C23H17ClN2O2. The summed E-state index contributed by atoms with van der Waals surface area (Å²) >= 11 is 5.89. The number of hydrogen-bond acceptors (Lipinski definition) is 3. The van der Waals surface area contributed by atoms with Crippen molar-refractivity contribution in [2.24, 2.45) is 0 Å². The summed E-state index contributed by atoms with van der Waals surface area (Å²) < 4.78 is 0. The van der Waals surface area contributed by atoms with Crippen LogP contribution >= 0.6 is 11.6 Å². The normalized spacial score (nSPS) is 10.2. The summed E-state index contributed by atoms with van der Waals surface area (Å²) in [5, 5.41) is 9.57. The molecule has 0 spiro atoms. The average Bonchev–Trinajstić information content (AvgIpc) is 2.73. The largest absolute Gasteiger partial charge is 0.337 e. The predicted molar refractivity (Wildman–Crippen MR) is 108 cm³/mol. The number of nitriles is 1. The molecule has 0 fully saturated rings. The third kappa shape index (κ3) is 4.28. The highest BCUT2D eigenvalue weighted by Crippen LogP contribution is 2.19. The van der Waals surface area contributed by atoms with Gasteiger partial charge in [0, 0.05) is 29.7 Å². The number of nitrogens with zero attached hydrogens (tertiary/aromatic N) is 2. The molecule has 0 saturated heterocycles. The van der Waals surface area contributed by atoms with Gasteiger partial charge in [-0.25, -0.2) is 0 Å². The van der Waals surface area contributed by atoms with Gasteiger partial charge < -0.3 is 4.90 Å². The molecule has 28 heavy (non-hydrogen) atoms. The number of benzene rings is 3. The lowest BCUT2D eigenvalue weighted by atomic mass is 9.97. The molecule has 0 aliphatic carbocycles. The molecule has 3 aromatic rings. The zero-order chi connectivity index (χ0) is 20.1. The molecule has 0 N–H and O–H groups in total. The molecule has 0 atom stereocenters. The van der Waals surface area contributed by atoms with Gasteiger partial charge >= 0.3 is 0 Å². The number of rotatable bonds is 5. The van der Waals surface area contributed by atoms with Crippen molar-refractivity contribution < 1.29 is 9.59 Å². The lowest BCUT2D eigenvalue weighted by molar-refractivity contribution is 0.0780. The van der Waals surface area contributed by atoms with Crippen LogP contribution in [0, 0.1) is 11.3 Å². The molecule has 1 amide bonds. The maximum Gasteiger partial charge on any atom is 0.254 e. The lowest BCUT2D eigenvalue weighted by Crippen LogP contribution is -2.28. The quantitative estimate of drug-likeness (QED) is 0.594. The third-order valence-corrected chi connectivity index (χ3v) is 4.58. The van der Waals surface area contributed by atoms with E-state index in [0.29, 0.717) is 33.8 Å². The van der Waals surface area contributed by atoms with E-state index in [-0.39, 0.29) is 11.7 Å². The van der Waals surface area contributed by atoms with E-state index in [4.69, 9.17) is 16.9 Å². The van der Waals surface area contributed by atoms with Crippen LogP contribution in [-0.4, -0.2) is 23.6 Å². The van der Waals surface area contributed by atoms with Crippen LogP contribution in [-0.2, 0) is 6.54 Å². The zero-order valence-corrected chi connectivity index (χ0v) is 16.0. The Morgan fingerprint density at radius 3 is 2.32 bits per heavy atom. The number of halogens is 1. The van der Waals surface area contributed by atoms with Crippen LogP contribution in [0.3, 0.4) is 0 Å². The summed E-state index contributed by atoms with van der Waals surface area (Å²) in [6.45, 7) is 0.331. The van der Waals surface area contributed by atoms with Gasteiger partial charge in [-0.1, -0.05) is 41.9 Å². The van der Waals surface area contributed by atoms with Crippen molar-refractivity contribution in [2.75, 3.05) is 7.05 Å². The molecule has 0 aliphatic heterocycles. The smallest absolute Gasteiger partial charge is 0.254 e. The summed E-state index contributed by atoms with van der Waals surface area (Å²) in [5.74, 6) is -0.499. The Morgan fingerprint density at radius 1 is 0.964 bits per heavy atom. The fraction of sp³-hybridized carbons (Fsp3) is 0.0870. The van der Waals surface area contributed by atoms with E-state index in [1.165, 1.54) is 4.90 Å². The van der Waals surface area contributed by atoms with Crippen molar-refractivity contribution in [3.63, 3.8) is 0 Å². The van der Waals surface area contributed by atoms with Gasteiger partial charge in [-0.3, -0.25) is 9.59 Å². The van der Waals surface area contributed by atoms with Gasteiger partial charge in [0.25, 0.3) is 5.91 Å². The first-order valence-corrected chi connectivity index (χ1v) is 9.01. The number of hydrogen-bond donors (Lipinski definition) is 0. The zero-order valence-electron chi connectivity index (χ0n) is 15.2. The highest BCUT2D eigenvalue weighted by Gasteiger charge is 2.20. The molecule has 4 nitrogen and oxygen atoms in total. The van der Waals surface area contributed by atoms with E-state index in [2.05, 4.69) is 6.07 Å². The van der Waals surface area contributed by atoms with Gasteiger partial charge in [0.05, 0.1) is 17.2 Å². The molecule has 3 rings (SSSR count). The Morgan fingerprint density at radius 2 is 1.64 bits per heavy atom. The van der Waals surface area contributed by atoms with Crippen LogP contribution in [0.5, 0.6) is 0 Å². The third-order valence-electron chi connectivity index (χ3n) is 4.33. The fourth-order valence-corrected chi connectivity index (χ4v) is 3.04. The fourth-order valence-electron chi connectivity index (χ4n) is 2.91. The van der Waals surface area contributed by atoms with E-state index in [0.717, 1.165) is 5.56 Å². The van der Waals surface area contributed by atoms with E-state index < -0.39 is 0 Å². The SMILES string of the molecule is CN(Cc1cccc(C#N)c1)C(=O)c1ccccc1C(=O)c1ccc(Cl)cc1. The van der Waals surface area contributed by atoms with Crippen LogP contribution in [0.2, 0.25) is 5.02 Å². The summed E-state index contributed by atoms with van der Waals surface area (Å²) in [6.07, 6.45) is 0. The Balaban J connectivity index is 1.87. The first-order valence-electron chi connectivity index (χ1n) is 8.63. The van der Waals surface area contributed by atoms with Crippen molar-refractivity contribution in [1.29, 1.82) is 5.26 Å². The molecular weight excluding hydrogens is 372 g/mol. The van der Waals surface area contributed by atoms with Crippen LogP contribution in [0.15, 0.2) is 72.8 Å². The molecule has 0 heterocycles. The number of ketones is 1. The standard InChI is InChI=1S/C23H17ClN2O2/c1-26(15-17-6-4-5-16(13-17)14-25)23(28)21-8-3-2-7-20(21)22(27)18-9-11-19(24)12-10-18/h2-13H,15H2,1H3. The lowest BCUT2D eigenvalue weighted by Gasteiger charge is -2.19. The van der Waals surface area contributed by atoms with Gasteiger partial charge in [-0.05, 0) is 48.0 Å². The molecule has 3 aromatic carbocycles. The van der Waals surface area contributed by atoms with Crippen molar-refractivity contribution in [3.05, 3.63) is 106 Å². The first-order chi connectivity index (χ1) is 13.5. The Labute approximate surface area is 168 Å². The monoisotopic (exact) mass is 388 g/mol. The van der Waals surface area contributed by atoms with Crippen LogP contribution in [0.4, 0.5) is 0 Å². The molecule has 0 aliphatic rings. The molecule has 0 bridgehead atoms. The van der Waals surface area contributed by atoms with Gasteiger partial charge in [0.2, 0.25) is 0 Å². The highest BCUT2D eigenvalue weighted by molar-refractivity contribution is 6.30. The Hall–Kier alpha value is -3.42. The van der Waals surface area contributed by atoms with E-state index in [1.54, 1.807) is 73.8 Å². The van der Waals surface area contributed by atoms with E-state index >= 15 is 0 Å². The predicted octanol–water partition coefficient (Wildman–Crippen LogP) is 4.71. The second kappa shape index (κ2) is 8.51. The summed E-state index contributed by atoms with van der Waals surface area (Å²) in [4.78, 5) is 27.4. The molecule has 0 aromatic heterocycles. The summed E-state index contributed by atoms with van der Waals surface area (Å²) in [7, 11) is 1.67. The minimum atomic E-state index is -0.264. The maximum atomic E-state index is 13.0. The maximum absolute atomic E-state index is 13.0. The number of carbonyl (C=O) groups is 2. The minimum absolute atomic E-state index is 0.236. The van der Waals surface area contributed by atoms with Crippen molar-refractivity contribution >= 4 is 23.3 Å². The molecule has 0 unspecified atom stereocenters. The molecule has 0 radical (unpaired) electrons. The second-order valence-corrected chi connectivity index (χ2v) is 6.79. The van der Waals surface area contributed by atoms with Gasteiger partial charge in [0.1, 0.15) is 0 Å². The minimum Gasteiger partial charge on any atom is -0.337 e.